The second kappa shape index (κ2) is 9.42. The molecule has 0 aromatic rings. The van der Waals surface area contributed by atoms with Crippen LogP contribution in [0.15, 0.2) is 0 Å². The number of nitrogens with zero attached hydrogens (tertiary/aromatic N) is 1. The second-order valence-corrected chi connectivity index (χ2v) is 6.60. The highest BCUT2D eigenvalue weighted by atomic mass is 16.5. The van der Waals surface area contributed by atoms with Crippen LogP contribution in [0.2, 0.25) is 0 Å². The van der Waals surface area contributed by atoms with Gasteiger partial charge in [-0.05, 0) is 72.0 Å². The predicted octanol–water partition coefficient (Wildman–Crippen LogP) is 2.82. The zero-order valence-electron chi connectivity index (χ0n) is 14.4. The minimum Gasteiger partial charge on any atom is -0.465 e. The van der Waals surface area contributed by atoms with Crippen molar-refractivity contribution in [3.8, 4) is 0 Å². The Morgan fingerprint density at radius 2 is 2.05 bits per heavy atom. The molecule has 0 saturated heterocycles. The summed E-state index contributed by atoms with van der Waals surface area (Å²) in [5.74, 6) is 0.816. The zero-order valence-corrected chi connectivity index (χ0v) is 14.4. The minimum absolute atomic E-state index is 0.116. The molecule has 1 aliphatic carbocycles. The van der Waals surface area contributed by atoms with Crippen molar-refractivity contribution in [2.45, 2.75) is 64.8 Å². The Hall–Kier alpha value is -0.610. The molecule has 0 aromatic carbocycles. The molecule has 1 N–H and O–H groups in total. The molecule has 0 aromatic heterocycles. The molecule has 0 heterocycles. The van der Waals surface area contributed by atoms with Gasteiger partial charge in [-0.3, -0.25) is 4.79 Å². The summed E-state index contributed by atoms with van der Waals surface area (Å²) in [4.78, 5) is 14.5. The molecule has 4 nitrogen and oxygen atoms in total. The fraction of sp³-hybridized carbons (Fsp3) is 0.941. The van der Waals surface area contributed by atoms with Crippen LogP contribution in [0.4, 0.5) is 0 Å². The molecule has 124 valence electrons. The molecule has 1 unspecified atom stereocenters. The smallest absolute Gasteiger partial charge is 0.326 e. The zero-order chi connectivity index (χ0) is 15.7. The van der Waals surface area contributed by atoms with Gasteiger partial charge in [-0.25, -0.2) is 0 Å². The molecule has 4 heteroatoms. The lowest BCUT2D eigenvalue weighted by atomic mass is 9.85. The second-order valence-electron chi connectivity index (χ2n) is 6.60. The Kier molecular flexibility index (Phi) is 8.27. The molecule has 0 aliphatic heterocycles. The van der Waals surface area contributed by atoms with Crippen LogP contribution in [-0.4, -0.2) is 49.7 Å². The highest BCUT2D eigenvalue weighted by molar-refractivity contribution is 5.80. The van der Waals surface area contributed by atoms with Crippen LogP contribution in [0, 0.1) is 5.92 Å². The van der Waals surface area contributed by atoms with E-state index in [9.17, 15) is 4.79 Å². The number of esters is 1. The van der Waals surface area contributed by atoms with Crippen molar-refractivity contribution < 1.29 is 9.53 Å². The fourth-order valence-corrected chi connectivity index (χ4v) is 3.01. The maximum Gasteiger partial charge on any atom is 0.326 e. The molecular formula is C17H34N2O2. The van der Waals surface area contributed by atoms with Gasteiger partial charge in [0.15, 0.2) is 0 Å². The van der Waals surface area contributed by atoms with Crippen LogP contribution in [0.5, 0.6) is 0 Å². The van der Waals surface area contributed by atoms with Gasteiger partial charge in [-0.2, -0.15) is 0 Å². The van der Waals surface area contributed by atoms with Crippen LogP contribution in [-0.2, 0) is 9.53 Å². The van der Waals surface area contributed by atoms with E-state index in [4.69, 9.17) is 4.74 Å². The monoisotopic (exact) mass is 298 g/mol. The van der Waals surface area contributed by atoms with Gasteiger partial charge >= 0.3 is 5.97 Å². The summed E-state index contributed by atoms with van der Waals surface area (Å²) in [6, 6.07) is 0. The van der Waals surface area contributed by atoms with Crippen molar-refractivity contribution in [2.75, 3.05) is 33.3 Å². The number of rotatable bonds is 11. The third-order valence-electron chi connectivity index (χ3n) is 4.55. The van der Waals surface area contributed by atoms with E-state index in [1.54, 1.807) is 0 Å². The van der Waals surface area contributed by atoms with Crippen molar-refractivity contribution in [2.24, 2.45) is 5.92 Å². The Morgan fingerprint density at radius 3 is 2.57 bits per heavy atom. The van der Waals surface area contributed by atoms with Gasteiger partial charge < -0.3 is 15.0 Å². The van der Waals surface area contributed by atoms with Gasteiger partial charge in [0.2, 0.25) is 0 Å². The Bertz CT molecular complexity index is 305. The third kappa shape index (κ3) is 6.35. The Morgan fingerprint density at radius 1 is 1.33 bits per heavy atom. The SMILES string of the molecule is CCNC(C)(CCCCN(C)CC1CCC1)C(=O)OCC. The first kappa shape index (κ1) is 18.4. The van der Waals surface area contributed by atoms with Crippen LogP contribution >= 0.6 is 0 Å². The number of likely N-dealkylation sites (N-methyl/N-ethyl adjacent to an activating group) is 1. The maximum atomic E-state index is 12.1. The summed E-state index contributed by atoms with van der Waals surface area (Å²) < 4.78 is 5.20. The molecule has 1 rings (SSSR count). The molecule has 0 bridgehead atoms. The lowest BCUT2D eigenvalue weighted by Crippen LogP contribution is -2.50. The van der Waals surface area contributed by atoms with Crippen LogP contribution in [0.1, 0.15) is 59.3 Å². The standard InChI is InChI=1S/C17H34N2O2/c1-5-18-17(3,16(20)21-6-2)12-7-8-13-19(4)14-15-10-9-11-15/h15,18H,5-14H2,1-4H3. The quantitative estimate of drug-likeness (QED) is 0.470. The van der Waals surface area contributed by atoms with Crippen molar-refractivity contribution >= 4 is 5.97 Å². The van der Waals surface area contributed by atoms with Crippen molar-refractivity contribution in [3.05, 3.63) is 0 Å². The van der Waals surface area contributed by atoms with Gasteiger partial charge in [0.1, 0.15) is 5.54 Å². The first-order chi connectivity index (χ1) is 10.0. The molecule has 1 atom stereocenters. The largest absolute Gasteiger partial charge is 0.465 e. The average molecular weight is 298 g/mol. The first-order valence-corrected chi connectivity index (χ1v) is 8.62. The molecule has 21 heavy (non-hydrogen) atoms. The normalized spacial score (nSPS) is 18.3. The van der Waals surface area contributed by atoms with E-state index in [-0.39, 0.29) is 5.97 Å². The Balaban J connectivity index is 2.24. The molecular weight excluding hydrogens is 264 g/mol. The van der Waals surface area contributed by atoms with E-state index < -0.39 is 5.54 Å². The van der Waals surface area contributed by atoms with Gasteiger partial charge in [0.25, 0.3) is 0 Å². The number of ether oxygens (including phenoxy) is 1. The van der Waals surface area contributed by atoms with Gasteiger partial charge in [-0.15, -0.1) is 0 Å². The number of carbonyl (C=O) groups excluding carboxylic acids is 1. The van der Waals surface area contributed by atoms with Crippen LogP contribution in [0.3, 0.4) is 0 Å². The van der Waals surface area contributed by atoms with Crippen LogP contribution in [0.25, 0.3) is 0 Å². The van der Waals surface area contributed by atoms with Crippen molar-refractivity contribution in [3.63, 3.8) is 0 Å². The number of hydrogen-bond acceptors (Lipinski definition) is 4. The van der Waals surface area contributed by atoms with E-state index in [0.29, 0.717) is 6.61 Å². The summed E-state index contributed by atoms with van der Waals surface area (Å²) in [6.45, 7) is 9.46. The topological polar surface area (TPSA) is 41.6 Å². The van der Waals surface area contributed by atoms with E-state index in [1.165, 1.54) is 25.8 Å². The molecule has 0 amide bonds. The van der Waals surface area contributed by atoms with Gasteiger partial charge in [0, 0.05) is 6.54 Å². The molecule has 1 saturated carbocycles. The van der Waals surface area contributed by atoms with Crippen molar-refractivity contribution in [1.29, 1.82) is 0 Å². The molecule has 0 radical (unpaired) electrons. The number of carbonyl (C=O) groups is 1. The molecule has 1 aliphatic rings. The summed E-state index contributed by atoms with van der Waals surface area (Å²) >= 11 is 0. The van der Waals surface area contributed by atoms with Gasteiger partial charge in [-0.1, -0.05) is 13.3 Å². The first-order valence-electron chi connectivity index (χ1n) is 8.62. The minimum atomic E-state index is -0.530. The Labute approximate surface area is 130 Å². The maximum absolute atomic E-state index is 12.1. The van der Waals surface area contributed by atoms with E-state index in [2.05, 4.69) is 17.3 Å². The highest BCUT2D eigenvalue weighted by Gasteiger charge is 2.33. The van der Waals surface area contributed by atoms with E-state index in [1.807, 2.05) is 20.8 Å². The molecule has 0 spiro atoms. The van der Waals surface area contributed by atoms with Crippen molar-refractivity contribution in [1.82, 2.24) is 10.2 Å². The van der Waals surface area contributed by atoms with E-state index in [0.717, 1.165) is 38.3 Å². The summed E-state index contributed by atoms with van der Waals surface area (Å²) in [5.41, 5.74) is -0.530. The summed E-state index contributed by atoms with van der Waals surface area (Å²) in [5, 5.41) is 3.29. The number of nitrogens with one attached hydrogen (secondary N) is 1. The average Bonchev–Trinajstić information content (AvgIpc) is 2.40. The third-order valence-corrected chi connectivity index (χ3v) is 4.55. The predicted molar refractivity (Wildman–Crippen MR) is 87.4 cm³/mol. The summed E-state index contributed by atoms with van der Waals surface area (Å²) in [7, 11) is 2.22. The highest BCUT2D eigenvalue weighted by Crippen LogP contribution is 2.26. The van der Waals surface area contributed by atoms with Gasteiger partial charge in [0.05, 0.1) is 6.61 Å². The fourth-order valence-electron chi connectivity index (χ4n) is 3.01. The number of hydrogen-bond donors (Lipinski definition) is 1. The lowest BCUT2D eigenvalue weighted by molar-refractivity contribution is -0.150. The molecule has 1 fully saturated rings. The van der Waals surface area contributed by atoms with E-state index >= 15 is 0 Å². The lowest BCUT2D eigenvalue weighted by Gasteiger charge is -2.31. The van der Waals surface area contributed by atoms with Crippen LogP contribution < -0.4 is 5.32 Å². The number of unbranched alkanes of at least 4 members (excludes halogenated alkanes) is 1. The summed E-state index contributed by atoms with van der Waals surface area (Å²) in [6.07, 6.45) is 7.27.